The van der Waals surface area contributed by atoms with Crippen LogP contribution in [0.5, 0.6) is 0 Å². The van der Waals surface area contributed by atoms with Gasteiger partial charge in [0.2, 0.25) is 5.91 Å². The van der Waals surface area contributed by atoms with E-state index in [1.165, 1.54) is 13.3 Å². The van der Waals surface area contributed by atoms with Crippen LogP contribution in [-0.4, -0.2) is 53.2 Å². The molecule has 144 valence electrons. The first-order chi connectivity index (χ1) is 13.0. The number of benzene rings is 1. The van der Waals surface area contributed by atoms with Crippen molar-refractivity contribution >= 4 is 11.8 Å². The van der Waals surface area contributed by atoms with Crippen LogP contribution >= 0.6 is 0 Å². The van der Waals surface area contributed by atoms with Gasteiger partial charge in [0.1, 0.15) is 0 Å². The zero-order chi connectivity index (χ0) is 19.2. The molecule has 1 aromatic carbocycles. The van der Waals surface area contributed by atoms with Gasteiger partial charge in [0.15, 0.2) is 0 Å². The predicted molar refractivity (Wildman–Crippen MR) is 104 cm³/mol. The molecule has 1 saturated heterocycles. The van der Waals surface area contributed by atoms with E-state index in [1.807, 2.05) is 30.5 Å². The van der Waals surface area contributed by atoms with Gasteiger partial charge in [0.05, 0.1) is 17.4 Å². The molecule has 0 saturated carbocycles. The molecule has 2 aromatic rings. The Labute approximate surface area is 159 Å². The number of nitrogens with zero attached hydrogens (tertiary/aromatic N) is 3. The lowest BCUT2D eigenvalue weighted by Crippen LogP contribution is -2.39. The number of hydrogen-bond donors (Lipinski definition) is 2. The summed E-state index contributed by atoms with van der Waals surface area (Å²) in [5.74, 6) is 0.322. The van der Waals surface area contributed by atoms with E-state index in [1.54, 1.807) is 10.9 Å². The Morgan fingerprint density at radius 3 is 2.85 bits per heavy atom. The largest absolute Gasteiger partial charge is 0.352 e. The number of piperidine rings is 1. The lowest BCUT2D eigenvalue weighted by Gasteiger charge is -2.29. The molecular formula is C20H27N5O2. The fourth-order valence-corrected chi connectivity index (χ4v) is 3.45. The highest BCUT2D eigenvalue weighted by Gasteiger charge is 2.19. The standard InChI is InChI=1S/C20H27N5O2/c1-15(26)21-11-17-12-23-25(14-17)19-8-4-3-7-18(19)20(27)22-10-16-6-5-9-24(2)13-16/h3-4,7-8,12,14,16H,5-6,9-11,13H2,1-2H3,(H,21,26)(H,22,27)/t16-/m0/s1. The van der Waals surface area contributed by atoms with Crippen LogP contribution in [-0.2, 0) is 11.3 Å². The van der Waals surface area contributed by atoms with Crippen molar-refractivity contribution in [2.75, 3.05) is 26.7 Å². The minimum atomic E-state index is -0.0871. The van der Waals surface area contributed by atoms with Crippen LogP contribution in [0.2, 0.25) is 0 Å². The number of para-hydroxylation sites is 1. The molecular weight excluding hydrogens is 342 g/mol. The maximum absolute atomic E-state index is 12.8. The lowest BCUT2D eigenvalue weighted by molar-refractivity contribution is -0.119. The first-order valence-electron chi connectivity index (χ1n) is 9.37. The first-order valence-corrected chi connectivity index (χ1v) is 9.37. The van der Waals surface area contributed by atoms with Gasteiger partial charge in [-0.05, 0) is 44.5 Å². The van der Waals surface area contributed by atoms with Crippen LogP contribution in [0, 0.1) is 5.92 Å². The average molecular weight is 369 g/mol. The molecule has 1 aromatic heterocycles. The fourth-order valence-electron chi connectivity index (χ4n) is 3.45. The Kier molecular flexibility index (Phi) is 6.24. The second-order valence-corrected chi connectivity index (χ2v) is 7.20. The zero-order valence-corrected chi connectivity index (χ0v) is 15.9. The minimum absolute atomic E-state index is 0.0854. The average Bonchev–Trinajstić information content (AvgIpc) is 3.13. The molecule has 2 amide bonds. The molecule has 1 aliphatic rings. The third-order valence-corrected chi connectivity index (χ3v) is 4.85. The summed E-state index contributed by atoms with van der Waals surface area (Å²) in [6.45, 7) is 4.73. The van der Waals surface area contributed by atoms with E-state index in [2.05, 4.69) is 27.7 Å². The van der Waals surface area contributed by atoms with Crippen molar-refractivity contribution in [3.63, 3.8) is 0 Å². The summed E-state index contributed by atoms with van der Waals surface area (Å²) in [5.41, 5.74) is 2.20. The molecule has 3 rings (SSSR count). The van der Waals surface area contributed by atoms with E-state index in [0.29, 0.717) is 24.6 Å². The van der Waals surface area contributed by atoms with Gasteiger partial charge in [0, 0.05) is 38.3 Å². The highest BCUT2D eigenvalue weighted by molar-refractivity contribution is 5.97. The molecule has 27 heavy (non-hydrogen) atoms. The molecule has 7 heteroatoms. The molecule has 2 heterocycles. The number of carbonyl (C=O) groups is 2. The number of likely N-dealkylation sites (tertiary alicyclic amines) is 1. The molecule has 7 nitrogen and oxygen atoms in total. The van der Waals surface area contributed by atoms with E-state index >= 15 is 0 Å². The summed E-state index contributed by atoms with van der Waals surface area (Å²) in [7, 11) is 2.12. The molecule has 0 bridgehead atoms. The van der Waals surface area contributed by atoms with Crippen molar-refractivity contribution in [1.82, 2.24) is 25.3 Å². The van der Waals surface area contributed by atoms with Gasteiger partial charge in [-0.25, -0.2) is 4.68 Å². The van der Waals surface area contributed by atoms with Gasteiger partial charge in [0.25, 0.3) is 5.91 Å². The van der Waals surface area contributed by atoms with Crippen LogP contribution in [0.3, 0.4) is 0 Å². The minimum Gasteiger partial charge on any atom is -0.352 e. The number of hydrogen-bond acceptors (Lipinski definition) is 4. The van der Waals surface area contributed by atoms with Gasteiger partial charge in [-0.2, -0.15) is 5.10 Å². The Hall–Kier alpha value is -2.67. The third kappa shape index (κ3) is 5.17. The molecule has 0 unspecified atom stereocenters. The summed E-state index contributed by atoms with van der Waals surface area (Å²) < 4.78 is 1.68. The van der Waals surface area contributed by atoms with Crippen LogP contribution in [0.25, 0.3) is 5.69 Å². The van der Waals surface area contributed by atoms with Gasteiger partial charge < -0.3 is 15.5 Å². The number of nitrogens with one attached hydrogen (secondary N) is 2. The summed E-state index contributed by atoms with van der Waals surface area (Å²) >= 11 is 0. The van der Waals surface area contributed by atoms with E-state index in [4.69, 9.17) is 0 Å². The summed E-state index contributed by atoms with van der Waals surface area (Å²) in [5, 5.41) is 10.2. The van der Waals surface area contributed by atoms with Crippen molar-refractivity contribution in [3.8, 4) is 5.69 Å². The summed E-state index contributed by atoms with van der Waals surface area (Å²) in [4.78, 5) is 26.1. The van der Waals surface area contributed by atoms with Crippen LogP contribution < -0.4 is 10.6 Å². The van der Waals surface area contributed by atoms with E-state index in [0.717, 1.165) is 30.8 Å². The Balaban J connectivity index is 1.68. The van der Waals surface area contributed by atoms with Crippen molar-refractivity contribution in [1.29, 1.82) is 0 Å². The molecule has 2 N–H and O–H groups in total. The SMILES string of the molecule is CC(=O)NCc1cnn(-c2ccccc2C(=O)NC[C@@H]2CCCN(C)C2)c1. The lowest BCUT2D eigenvalue weighted by atomic mass is 9.98. The topological polar surface area (TPSA) is 79.3 Å². The van der Waals surface area contributed by atoms with Gasteiger partial charge >= 0.3 is 0 Å². The van der Waals surface area contributed by atoms with Crippen molar-refractivity contribution < 1.29 is 9.59 Å². The fraction of sp³-hybridized carbons (Fsp3) is 0.450. The quantitative estimate of drug-likeness (QED) is 0.810. The predicted octanol–water partition coefficient (Wildman–Crippen LogP) is 1.58. The number of amides is 2. The van der Waals surface area contributed by atoms with Crippen molar-refractivity contribution in [2.24, 2.45) is 5.92 Å². The van der Waals surface area contributed by atoms with Gasteiger partial charge in [-0.3, -0.25) is 9.59 Å². The number of aromatic nitrogens is 2. The van der Waals surface area contributed by atoms with E-state index in [-0.39, 0.29) is 11.8 Å². The van der Waals surface area contributed by atoms with Crippen LogP contribution in [0.4, 0.5) is 0 Å². The maximum atomic E-state index is 12.8. The van der Waals surface area contributed by atoms with Crippen molar-refractivity contribution in [2.45, 2.75) is 26.3 Å². The van der Waals surface area contributed by atoms with Crippen LogP contribution in [0.15, 0.2) is 36.7 Å². The summed E-state index contributed by atoms with van der Waals surface area (Å²) in [6.07, 6.45) is 5.86. The summed E-state index contributed by atoms with van der Waals surface area (Å²) in [6, 6.07) is 7.43. The highest BCUT2D eigenvalue weighted by atomic mass is 16.2. The van der Waals surface area contributed by atoms with E-state index < -0.39 is 0 Å². The monoisotopic (exact) mass is 369 g/mol. The van der Waals surface area contributed by atoms with E-state index in [9.17, 15) is 9.59 Å². The zero-order valence-electron chi connectivity index (χ0n) is 15.9. The molecule has 0 spiro atoms. The van der Waals surface area contributed by atoms with Gasteiger partial charge in [-0.15, -0.1) is 0 Å². The van der Waals surface area contributed by atoms with Crippen molar-refractivity contribution in [3.05, 3.63) is 47.8 Å². The molecule has 1 fully saturated rings. The molecule has 1 aliphatic heterocycles. The Bertz CT molecular complexity index is 801. The first kappa shape index (κ1) is 19.1. The van der Waals surface area contributed by atoms with Crippen LogP contribution in [0.1, 0.15) is 35.7 Å². The third-order valence-electron chi connectivity index (χ3n) is 4.85. The second-order valence-electron chi connectivity index (χ2n) is 7.20. The number of carbonyl (C=O) groups excluding carboxylic acids is 2. The highest BCUT2D eigenvalue weighted by Crippen LogP contribution is 2.17. The second kappa shape index (κ2) is 8.81. The Morgan fingerprint density at radius 1 is 1.26 bits per heavy atom. The normalized spacial score (nSPS) is 17.5. The maximum Gasteiger partial charge on any atom is 0.253 e. The molecule has 1 atom stereocenters. The van der Waals surface area contributed by atoms with Gasteiger partial charge in [-0.1, -0.05) is 12.1 Å². The number of rotatable bonds is 6. The molecule has 0 radical (unpaired) electrons. The smallest absolute Gasteiger partial charge is 0.253 e. The Morgan fingerprint density at radius 2 is 2.07 bits per heavy atom. The molecule has 0 aliphatic carbocycles.